The summed E-state index contributed by atoms with van der Waals surface area (Å²) >= 11 is 5.90. The Morgan fingerprint density at radius 3 is 2.73 bits per heavy atom. The van der Waals surface area contributed by atoms with Crippen molar-refractivity contribution < 1.29 is 9.53 Å². The van der Waals surface area contributed by atoms with Crippen LogP contribution in [0, 0.1) is 0 Å². The summed E-state index contributed by atoms with van der Waals surface area (Å²) in [6, 6.07) is 4.91. The Morgan fingerprint density at radius 1 is 1.27 bits per heavy atom. The van der Waals surface area contributed by atoms with E-state index in [4.69, 9.17) is 16.3 Å². The summed E-state index contributed by atoms with van der Waals surface area (Å²) in [5.74, 6) is 0.159. The number of halogens is 1. The molecular formula is C17H25ClN2O2. The van der Waals surface area contributed by atoms with Crippen LogP contribution in [-0.4, -0.2) is 19.2 Å². The van der Waals surface area contributed by atoms with Gasteiger partial charge in [-0.15, -0.1) is 0 Å². The molecule has 0 saturated carbocycles. The number of carbonyl (C=O) groups is 1. The van der Waals surface area contributed by atoms with Crippen molar-refractivity contribution in [2.45, 2.75) is 51.9 Å². The minimum atomic E-state index is -0.321. The predicted molar refractivity (Wildman–Crippen MR) is 92.0 cm³/mol. The van der Waals surface area contributed by atoms with Crippen molar-refractivity contribution in [2.24, 2.45) is 5.10 Å². The molecule has 0 atom stereocenters. The summed E-state index contributed by atoms with van der Waals surface area (Å²) in [5.41, 5.74) is 2.89. The second-order valence-corrected chi connectivity index (χ2v) is 5.59. The highest BCUT2D eigenvalue weighted by Crippen LogP contribution is 2.22. The van der Waals surface area contributed by atoms with Gasteiger partial charge in [0.1, 0.15) is 5.75 Å². The number of methoxy groups -OCH3 is 1. The van der Waals surface area contributed by atoms with Gasteiger partial charge >= 0.3 is 0 Å². The van der Waals surface area contributed by atoms with Crippen molar-refractivity contribution in [1.82, 2.24) is 5.43 Å². The summed E-state index contributed by atoms with van der Waals surface area (Å²) in [7, 11) is 1.52. The highest BCUT2D eigenvalue weighted by Gasteiger charge is 2.11. The van der Waals surface area contributed by atoms with Crippen molar-refractivity contribution in [1.29, 1.82) is 0 Å². The molecule has 0 unspecified atom stereocenters. The molecule has 1 aromatic rings. The lowest BCUT2D eigenvalue weighted by molar-refractivity contribution is 0.0952. The van der Waals surface area contributed by atoms with Crippen molar-refractivity contribution >= 4 is 23.7 Å². The van der Waals surface area contributed by atoms with Gasteiger partial charge in [0.25, 0.3) is 5.91 Å². The second-order valence-electron chi connectivity index (χ2n) is 5.15. The third-order valence-corrected chi connectivity index (χ3v) is 3.59. The summed E-state index contributed by atoms with van der Waals surface area (Å²) in [6.07, 6.45) is 10.1. The zero-order chi connectivity index (χ0) is 16.2. The number of unbranched alkanes of at least 4 members (excludes halogenated alkanes) is 6. The average Bonchev–Trinajstić information content (AvgIpc) is 2.53. The number of rotatable bonds is 10. The van der Waals surface area contributed by atoms with E-state index < -0.39 is 0 Å². The second kappa shape index (κ2) is 11.1. The monoisotopic (exact) mass is 324 g/mol. The molecular weight excluding hydrogens is 300 g/mol. The molecule has 1 rings (SSSR count). The minimum absolute atomic E-state index is 0.321. The van der Waals surface area contributed by atoms with Gasteiger partial charge in [-0.25, -0.2) is 5.43 Å². The fraction of sp³-hybridized carbons (Fsp3) is 0.529. The van der Waals surface area contributed by atoms with Crippen LogP contribution in [0.2, 0.25) is 5.02 Å². The summed E-state index contributed by atoms with van der Waals surface area (Å²) < 4.78 is 5.14. The Kier molecular flexibility index (Phi) is 9.31. The number of benzene rings is 1. The van der Waals surface area contributed by atoms with Crippen molar-refractivity contribution in [2.75, 3.05) is 7.11 Å². The van der Waals surface area contributed by atoms with E-state index in [-0.39, 0.29) is 5.91 Å². The molecule has 1 aromatic carbocycles. The Bertz CT molecular complexity index is 490. The number of amides is 1. The first-order valence-corrected chi connectivity index (χ1v) is 8.22. The van der Waals surface area contributed by atoms with E-state index in [1.54, 1.807) is 24.4 Å². The first-order chi connectivity index (χ1) is 10.7. The van der Waals surface area contributed by atoms with Gasteiger partial charge in [0, 0.05) is 11.2 Å². The van der Waals surface area contributed by atoms with E-state index in [9.17, 15) is 4.79 Å². The van der Waals surface area contributed by atoms with E-state index in [0.717, 1.165) is 12.8 Å². The molecule has 4 nitrogen and oxygen atoms in total. The maximum absolute atomic E-state index is 12.0. The third-order valence-electron chi connectivity index (χ3n) is 3.35. The highest BCUT2D eigenvalue weighted by atomic mass is 35.5. The number of carbonyl (C=O) groups excluding carboxylic acids is 1. The number of hydrogen-bond acceptors (Lipinski definition) is 3. The molecule has 0 spiro atoms. The maximum atomic E-state index is 12.0. The average molecular weight is 325 g/mol. The molecule has 1 N–H and O–H groups in total. The normalized spacial score (nSPS) is 10.9. The lowest BCUT2D eigenvalue weighted by atomic mass is 10.1. The van der Waals surface area contributed by atoms with Crippen molar-refractivity contribution in [3.05, 3.63) is 28.8 Å². The SMILES string of the molecule is CCCCCCCCC=NNC(=O)c1cc(Cl)ccc1OC. The van der Waals surface area contributed by atoms with Crippen LogP contribution in [0.3, 0.4) is 0 Å². The van der Waals surface area contributed by atoms with E-state index in [1.807, 2.05) is 0 Å². The first kappa shape index (κ1) is 18.5. The van der Waals surface area contributed by atoms with Gasteiger partial charge < -0.3 is 4.74 Å². The summed E-state index contributed by atoms with van der Waals surface area (Å²) in [4.78, 5) is 12.0. The van der Waals surface area contributed by atoms with Crippen LogP contribution in [0.5, 0.6) is 5.75 Å². The largest absolute Gasteiger partial charge is 0.496 e. The Labute approximate surface area is 137 Å². The van der Waals surface area contributed by atoms with Gasteiger partial charge in [-0.3, -0.25) is 4.79 Å². The number of hydrazone groups is 1. The van der Waals surface area contributed by atoms with Crippen molar-refractivity contribution in [3.8, 4) is 5.75 Å². The standard InChI is InChI=1S/C17H25ClN2O2/c1-3-4-5-6-7-8-9-12-19-20-17(21)15-13-14(18)10-11-16(15)22-2/h10-13H,3-9H2,1-2H3,(H,20,21). The zero-order valence-electron chi connectivity index (χ0n) is 13.4. The fourth-order valence-electron chi connectivity index (χ4n) is 2.10. The molecule has 0 fully saturated rings. The summed E-state index contributed by atoms with van der Waals surface area (Å²) in [6.45, 7) is 2.21. The quantitative estimate of drug-likeness (QED) is 0.381. The molecule has 1 amide bonds. The van der Waals surface area contributed by atoms with E-state index >= 15 is 0 Å². The molecule has 122 valence electrons. The van der Waals surface area contributed by atoms with Gasteiger partial charge in [-0.05, 0) is 31.0 Å². The Morgan fingerprint density at radius 2 is 2.00 bits per heavy atom. The lowest BCUT2D eigenvalue weighted by Gasteiger charge is -2.07. The fourth-order valence-corrected chi connectivity index (χ4v) is 2.27. The van der Waals surface area contributed by atoms with E-state index in [2.05, 4.69) is 17.5 Å². The van der Waals surface area contributed by atoms with Crippen molar-refractivity contribution in [3.63, 3.8) is 0 Å². The topological polar surface area (TPSA) is 50.7 Å². The van der Waals surface area contributed by atoms with Gasteiger partial charge in [0.05, 0.1) is 12.7 Å². The molecule has 0 heterocycles. The molecule has 22 heavy (non-hydrogen) atoms. The summed E-state index contributed by atoms with van der Waals surface area (Å²) in [5, 5.41) is 4.45. The minimum Gasteiger partial charge on any atom is -0.496 e. The van der Waals surface area contributed by atoms with Crippen LogP contribution >= 0.6 is 11.6 Å². The molecule has 0 saturated heterocycles. The van der Waals surface area contributed by atoms with Gasteiger partial charge in [0.15, 0.2) is 0 Å². The zero-order valence-corrected chi connectivity index (χ0v) is 14.2. The molecule has 0 aliphatic rings. The van der Waals surface area contributed by atoms with Crippen LogP contribution < -0.4 is 10.2 Å². The Balaban J connectivity index is 2.31. The third kappa shape index (κ3) is 6.94. The number of nitrogens with one attached hydrogen (secondary N) is 1. The van der Waals surface area contributed by atoms with Gasteiger partial charge in [0.2, 0.25) is 0 Å². The smallest absolute Gasteiger partial charge is 0.275 e. The number of nitrogens with zero attached hydrogens (tertiary/aromatic N) is 1. The van der Waals surface area contributed by atoms with Gasteiger partial charge in [-0.1, -0.05) is 50.6 Å². The van der Waals surface area contributed by atoms with E-state index in [0.29, 0.717) is 16.3 Å². The molecule has 0 aliphatic carbocycles. The maximum Gasteiger partial charge on any atom is 0.275 e. The molecule has 5 heteroatoms. The van der Waals surface area contributed by atoms with Crippen LogP contribution in [0.15, 0.2) is 23.3 Å². The Hall–Kier alpha value is -1.55. The molecule has 0 radical (unpaired) electrons. The van der Waals surface area contributed by atoms with Crippen LogP contribution in [0.1, 0.15) is 62.2 Å². The van der Waals surface area contributed by atoms with Crippen LogP contribution in [0.25, 0.3) is 0 Å². The predicted octanol–water partition coefficient (Wildman–Crippen LogP) is 4.81. The van der Waals surface area contributed by atoms with E-state index in [1.165, 1.54) is 39.2 Å². The van der Waals surface area contributed by atoms with Crippen LogP contribution in [-0.2, 0) is 0 Å². The molecule has 0 bridgehead atoms. The highest BCUT2D eigenvalue weighted by molar-refractivity contribution is 6.31. The lowest BCUT2D eigenvalue weighted by Crippen LogP contribution is -2.18. The first-order valence-electron chi connectivity index (χ1n) is 7.84. The van der Waals surface area contributed by atoms with Gasteiger partial charge in [-0.2, -0.15) is 5.10 Å². The molecule has 0 aliphatic heterocycles. The van der Waals surface area contributed by atoms with Crippen LogP contribution in [0.4, 0.5) is 0 Å². The molecule has 0 aromatic heterocycles. The number of hydrogen-bond donors (Lipinski definition) is 1. The number of ether oxygens (including phenoxy) is 1.